The maximum Gasteiger partial charge on any atom is 0.212 e. The maximum atomic E-state index is 6.21. The van der Waals surface area contributed by atoms with Crippen molar-refractivity contribution in [1.82, 2.24) is 15.1 Å². The molecule has 1 N–H and O–H groups in total. The van der Waals surface area contributed by atoms with E-state index in [1.165, 1.54) is 5.56 Å². The summed E-state index contributed by atoms with van der Waals surface area (Å²) in [5.74, 6) is 3.57. The summed E-state index contributed by atoms with van der Waals surface area (Å²) in [6, 6.07) is 24.0. The molecule has 8 nitrogen and oxygen atoms in total. The Morgan fingerprint density at radius 3 is 2.10 bits per heavy atom. The van der Waals surface area contributed by atoms with Crippen LogP contribution in [0.2, 0.25) is 0 Å². The van der Waals surface area contributed by atoms with Gasteiger partial charge in [-0.3, -0.25) is 0 Å². The van der Waals surface area contributed by atoms with Gasteiger partial charge in [0.2, 0.25) is 5.88 Å². The topological polar surface area (TPSA) is 76.0 Å². The molecule has 0 aliphatic carbocycles. The number of methoxy groups -OCH3 is 4. The lowest BCUT2D eigenvalue weighted by Gasteiger charge is -2.11. The van der Waals surface area contributed by atoms with Gasteiger partial charge in [0.1, 0.15) is 0 Å². The summed E-state index contributed by atoms with van der Waals surface area (Å²) in [7, 11) is 6.56. The summed E-state index contributed by atoms with van der Waals surface area (Å²) in [6.45, 7) is 2.91. The Kier molecular flexibility index (Phi) is 10.1. The van der Waals surface area contributed by atoms with Gasteiger partial charge in [-0.1, -0.05) is 36.4 Å². The minimum absolute atomic E-state index is 0.579. The molecule has 39 heavy (non-hydrogen) atoms. The second kappa shape index (κ2) is 14.1. The molecule has 0 spiro atoms. The molecule has 0 saturated carbocycles. The van der Waals surface area contributed by atoms with E-state index in [0.717, 1.165) is 60.1 Å². The first kappa shape index (κ1) is 27.9. The molecule has 206 valence electrons. The van der Waals surface area contributed by atoms with E-state index in [0.29, 0.717) is 24.7 Å². The Hall–Kier alpha value is -4.17. The first-order chi connectivity index (χ1) is 19.1. The minimum Gasteiger partial charge on any atom is -0.493 e. The number of hydrogen-bond donors (Lipinski definition) is 1. The highest BCUT2D eigenvalue weighted by Crippen LogP contribution is 2.33. The zero-order chi connectivity index (χ0) is 27.5. The second-order valence-electron chi connectivity index (χ2n) is 8.97. The molecule has 0 aliphatic rings. The predicted molar refractivity (Wildman–Crippen MR) is 153 cm³/mol. The van der Waals surface area contributed by atoms with E-state index in [1.54, 1.807) is 28.4 Å². The van der Waals surface area contributed by atoms with Crippen LogP contribution < -0.4 is 29.0 Å². The molecule has 0 fully saturated rings. The molecule has 0 saturated heterocycles. The Bertz CT molecular complexity index is 1320. The average Bonchev–Trinajstić information content (AvgIpc) is 3.38. The van der Waals surface area contributed by atoms with Crippen LogP contribution in [0.4, 0.5) is 0 Å². The van der Waals surface area contributed by atoms with Crippen molar-refractivity contribution in [1.29, 1.82) is 0 Å². The summed E-state index contributed by atoms with van der Waals surface area (Å²) in [6.07, 6.45) is 1.77. The third-order valence-electron chi connectivity index (χ3n) is 6.38. The monoisotopic (exact) mass is 531 g/mol. The van der Waals surface area contributed by atoms with E-state index in [9.17, 15) is 0 Å². The Morgan fingerprint density at radius 2 is 1.38 bits per heavy atom. The van der Waals surface area contributed by atoms with E-state index < -0.39 is 0 Å². The zero-order valence-electron chi connectivity index (χ0n) is 23.1. The molecule has 0 bridgehead atoms. The average molecular weight is 532 g/mol. The van der Waals surface area contributed by atoms with Crippen LogP contribution in [0.5, 0.6) is 28.9 Å². The van der Waals surface area contributed by atoms with E-state index in [1.807, 2.05) is 59.3 Å². The van der Waals surface area contributed by atoms with Crippen LogP contribution in [0.15, 0.2) is 72.8 Å². The van der Waals surface area contributed by atoms with Gasteiger partial charge in [0, 0.05) is 11.6 Å². The number of rotatable bonds is 15. The fraction of sp³-hybridized carbons (Fsp3) is 0.323. The molecule has 1 aromatic heterocycles. The molecule has 4 rings (SSSR count). The standard InChI is InChI=1S/C31H37N3O5/c1-35-27-13-11-23(19-29(27)37-3)15-17-32-16-8-18-39-31-21-26(25-12-14-28(36-2)30(20-25)38-4)33-34(31)22-24-9-6-5-7-10-24/h5-7,9-14,19-21,32H,8,15-18,22H2,1-4H3. The van der Waals surface area contributed by atoms with Gasteiger partial charge >= 0.3 is 0 Å². The van der Waals surface area contributed by atoms with Crippen molar-refractivity contribution in [3.8, 4) is 40.1 Å². The third-order valence-corrected chi connectivity index (χ3v) is 6.38. The van der Waals surface area contributed by atoms with Gasteiger partial charge in [0.25, 0.3) is 0 Å². The van der Waals surface area contributed by atoms with Crippen molar-refractivity contribution < 1.29 is 23.7 Å². The minimum atomic E-state index is 0.579. The van der Waals surface area contributed by atoms with Crippen molar-refractivity contribution in [3.63, 3.8) is 0 Å². The molecular formula is C31H37N3O5. The number of nitrogens with zero attached hydrogens (tertiary/aromatic N) is 2. The highest BCUT2D eigenvalue weighted by atomic mass is 16.5. The molecule has 0 atom stereocenters. The van der Waals surface area contributed by atoms with Gasteiger partial charge in [-0.2, -0.15) is 5.10 Å². The molecule has 0 amide bonds. The summed E-state index contributed by atoms with van der Waals surface area (Å²) in [4.78, 5) is 0. The molecular weight excluding hydrogens is 494 g/mol. The summed E-state index contributed by atoms with van der Waals surface area (Å²) >= 11 is 0. The van der Waals surface area contributed by atoms with Gasteiger partial charge in [0.05, 0.1) is 47.3 Å². The molecule has 8 heteroatoms. The number of nitrogens with one attached hydrogen (secondary N) is 1. The van der Waals surface area contributed by atoms with Crippen LogP contribution >= 0.6 is 0 Å². The van der Waals surface area contributed by atoms with Gasteiger partial charge < -0.3 is 29.0 Å². The normalized spacial score (nSPS) is 10.8. The van der Waals surface area contributed by atoms with E-state index in [4.69, 9.17) is 28.8 Å². The van der Waals surface area contributed by atoms with E-state index in [-0.39, 0.29) is 0 Å². The number of aromatic nitrogens is 2. The SMILES string of the molecule is COc1ccc(CCNCCCOc2cc(-c3ccc(OC)c(OC)c3)nn2Cc2ccccc2)cc1OC. The molecule has 1 heterocycles. The molecule has 0 aliphatic heterocycles. The van der Waals surface area contributed by atoms with Gasteiger partial charge in [-0.25, -0.2) is 4.68 Å². The number of hydrogen-bond acceptors (Lipinski definition) is 7. The molecule has 0 unspecified atom stereocenters. The van der Waals surface area contributed by atoms with Crippen LogP contribution in [0.1, 0.15) is 17.5 Å². The number of ether oxygens (including phenoxy) is 5. The lowest BCUT2D eigenvalue weighted by molar-refractivity contribution is 0.279. The fourth-order valence-corrected chi connectivity index (χ4v) is 4.29. The fourth-order valence-electron chi connectivity index (χ4n) is 4.29. The zero-order valence-corrected chi connectivity index (χ0v) is 23.1. The first-order valence-corrected chi connectivity index (χ1v) is 13.0. The van der Waals surface area contributed by atoms with Crippen molar-refractivity contribution in [2.24, 2.45) is 0 Å². The summed E-state index contributed by atoms with van der Waals surface area (Å²) in [5.41, 5.74) is 4.10. The molecule has 0 radical (unpaired) electrons. The maximum absolute atomic E-state index is 6.21. The highest BCUT2D eigenvalue weighted by molar-refractivity contribution is 5.65. The van der Waals surface area contributed by atoms with Crippen molar-refractivity contribution in [3.05, 3.63) is 83.9 Å². The second-order valence-corrected chi connectivity index (χ2v) is 8.97. The van der Waals surface area contributed by atoms with Gasteiger partial charge in [-0.05, 0) is 67.4 Å². The van der Waals surface area contributed by atoms with E-state index in [2.05, 4.69) is 23.5 Å². The van der Waals surface area contributed by atoms with Gasteiger partial charge in [-0.15, -0.1) is 0 Å². The number of benzene rings is 3. The Morgan fingerprint density at radius 1 is 0.692 bits per heavy atom. The Balaban J connectivity index is 1.34. The predicted octanol–water partition coefficient (Wildman–Crippen LogP) is 5.23. The third kappa shape index (κ3) is 7.45. The largest absolute Gasteiger partial charge is 0.493 e. The van der Waals surface area contributed by atoms with Crippen molar-refractivity contribution >= 4 is 0 Å². The van der Waals surface area contributed by atoms with Crippen LogP contribution in [-0.4, -0.2) is 57.9 Å². The summed E-state index contributed by atoms with van der Waals surface area (Å²) < 4.78 is 29.7. The highest BCUT2D eigenvalue weighted by Gasteiger charge is 2.14. The van der Waals surface area contributed by atoms with Crippen LogP contribution in [0.25, 0.3) is 11.3 Å². The lowest BCUT2D eigenvalue weighted by atomic mass is 10.1. The van der Waals surface area contributed by atoms with Gasteiger partial charge in [0.15, 0.2) is 23.0 Å². The smallest absolute Gasteiger partial charge is 0.212 e. The first-order valence-electron chi connectivity index (χ1n) is 13.0. The molecule has 3 aromatic carbocycles. The van der Waals surface area contributed by atoms with Crippen LogP contribution in [0.3, 0.4) is 0 Å². The van der Waals surface area contributed by atoms with Crippen LogP contribution in [0, 0.1) is 0 Å². The van der Waals surface area contributed by atoms with E-state index >= 15 is 0 Å². The van der Waals surface area contributed by atoms with Crippen LogP contribution in [-0.2, 0) is 13.0 Å². The molecule has 4 aromatic rings. The van der Waals surface area contributed by atoms with Crippen molar-refractivity contribution in [2.45, 2.75) is 19.4 Å². The van der Waals surface area contributed by atoms with Crippen molar-refractivity contribution in [2.75, 3.05) is 48.1 Å². The Labute approximate surface area is 230 Å². The lowest BCUT2D eigenvalue weighted by Crippen LogP contribution is -2.20. The summed E-state index contributed by atoms with van der Waals surface area (Å²) in [5, 5.41) is 8.35. The quantitative estimate of drug-likeness (QED) is 0.210.